The number of rotatable bonds is 7. The third-order valence-electron chi connectivity index (χ3n) is 6.09. The molecule has 16 heteroatoms. The van der Waals surface area contributed by atoms with Crippen LogP contribution in [-0.2, 0) is 23.7 Å². The van der Waals surface area contributed by atoms with E-state index >= 15 is 0 Å². The molecule has 3 heterocycles. The Hall–Kier alpha value is -0.640. The number of hydrogen-bond donors (Lipinski definition) is 11. The minimum atomic E-state index is -1.92. The monoisotopic (exact) mass is 504 g/mol. The second-order valence-corrected chi connectivity index (χ2v) is 8.33. The Morgan fingerprint density at radius 1 is 0.441 bits per heavy atom. The summed E-state index contributed by atoms with van der Waals surface area (Å²) in [5, 5.41) is 110. The van der Waals surface area contributed by atoms with Crippen LogP contribution in [0.2, 0.25) is 0 Å². The Morgan fingerprint density at radius 3 is 1.35 bits per heavy atom. The zero-order valence-electron chi connectivity index (χ0n) is 17.7. The maximum absolute atomic E-state index is 10.7. The molecule has 15 atom stereocenters. The third kappa shape index (κ3) is 5.37. The van der Waals surface area contributed by atoms with Gasteiger partial charge in [0.15, 0.2) is 18.9 Å². The summed E-state index contributed by atoms with van der Waals surface area (Å²) < 4.78 is 26.2. The van der Waals surface area contributed by atoms with E-state index in [1.54, 1.807) is 0 Å². The highest BCUT2D eigenvalue weighted by Gasteiger charge is 2.53. The maximum Gasteiger partial charge on any atom is 0.187 e. The van der Waals surface area contributed by atoms with E-state index in [1.807, 2.05) is 0 Å². The highest BCUT2D eigenvalue weighted by Crippen LogP contribution is 2.32. The molecule has 0 saturated carbocycles. The van der Waals surface area contributed by atoms with Crippen LogP contribution in [0.15, 0.2) is 0 Å². The standard InChI is InChI=1S/C18H32O16/c19-1-4-7(22)10(25)11(26)17(31-4)34-15-9(24)6(3-21)32-18(13(15)28)33-14-8(23)5(2-20)30-16(29)12(14)27/h4-29H,1-3H2/t4-,5-,6-,7-,8-,9-,10+,11-,12-,13-,14+,15+,16+,17+,18+/m0/s1. The van der Waals surface area contributed by atoms with E-state index < -0.39 is 112 Å². The molecule has 200 valence electrons. The van der Waals surface area contributed by atoms with Gasteiger partial charge in [-0.2, -0.15) is 0 Å². The van der Waals surface area contributed by atoms with Gasteiger partial charge in [-0.05, 0) is 0 Å². The maximum atomic E-state index is 10.7. The molecule has 3 aliphatic rings. The largest absolute Gasteiger partial charge is 0.394 e. The fourth-order valence-electron chi connectivity index (χ4n) is 4.04. The van der Waals surface area contributed by atoms with Gasteiger partial charge in [0.1, 0.15) is 73.2 Å². The molecule has 0 aromatic carbocycles. The lowest BCUT2D eigenvalue weighted by Crippen LogP contribution is -2.66. The molecule has 3 fully saturated rings. The molecular formula is C18H32O16. The topological polar surface area (TPSA) is 269 Å². The van der Waals surface area contributed by atoms with Crippen LogP contribution in [0.4, 0.5) is 0 Å². The van der Waals surface area contributed by atoms with E-state index in [-0.39, 0.29) is 0 Å². The molecular weight excluding hydrogens is 472 g/mol. The first-order chi connectivity index (χ1) is 16.0. The van der Waals surface area contributed by atoms with E-state index in [0.29, 0.717) is 0 Å². The Balaban J connectivity index is 1.78. The van der Waals surface area contributed by atoms with E-state index in [1.165, 1.54) is 0 Å². The van der Waals surface area contributed by atoms with E-state index in [9.17, 15) is 56.2 Å². The van der Waals surface area contributed by atoms with E-state index in [4.69, 9.17) is 23.7 Å². The van der Waals surface area contributed by atoms with Crippen LogP contribution in [-0.4, -0.2) is 168 Å². The first kappa shape index (κ1) is 27.9. The second-order valence-electron chi connectivity index (χ2n) is 8.33. The van der Waals surface area contributed by atoms with Crippen molar-refractivity contribution < 1.29 is 79.9 Å². The molecule has 11 N–H and O–H groups in total. The molecule has 0 spiro atoms. The van der Waals surface area contributed by atoms with E-state index in [2.05, 4.69) is 0 Å². The summed E-state index contributed by atoms with van der Waals surface area (Å²) in [4.78, 5) is 0. The summed E-state index contributed by atoms with van der Waals surface area (Å²) in [6, 6.07) is 0. The van der Waals surface area contributed by atoms with Crippen LogP contribution >= 0.6 is 0 Å². The van der Waals surface area contributed by atoms with Gasteiger partial charge in [0.05, 0.1) is 19.8 Å². The predicted molar refractivity (Wildman–Crippen MR) is 101 cm³/mol. The van der Waals surface area contributed by atoms with Crippen molar-refractivity contribution in [3.63, 3.8) is 0 Å². The molecule has 3 aliphatic heterocycles. The summed E-state index contributed by atoms with van der Waals surface area (Å²) in [6.07, 6.45) is -25.5. The van der Waals surface area contributed by atoms with Crippen molar-refractivity contribution in [1.82, 2.24) is 0 Å². The van der Waals surface area contributed by atoms with Crippen molar-refractivity contribution in [2.45, 2.75) is 92.1 Å². The first-order valence-corrected chi connectivity index (χ1v) is 10.6. The SMILES string of the molecule is OC[C@@H]1O[C@H](O[C@H]2[C@H](O)[C@@H](O[C@@H]3[C@@H](O)[C@H](CO)O[C@@H](O)[C@H]3O)O[C@@H](CO)[C@@H]2O)[C@@H](O)[C@H](O)[C@H]1O. The lowest BCUT2D eigenvalue weighted by atomic mass is 9.96. The van der Waals surface area contributed by atoms with Crippen LogP contribution in [0.25, 0.3) is 0 Å². The van der Waals surface area contributed by atoms with Gasteiger partial charge in [0.25, 0.3) is 0 Å². The summed E-state index contributed by atoms with van der Waals surface area (Å²) in [6.45, 7) is -2.33. The van der Waals surface area contributed by atoms with Crippen LogP contribution in [0, 0.1) is 0 Å². The van der Waals surface area contributed by atoms with E-state index in [0.717, 1.165) is 0 Å². The molecule has 0 unspecified atom stereocenters. The van der Waals surface area contributed by atoms with Crippen molar-refractivity contribution >= 4 is 0 Å². The second kappa shape index (κ2) is 11.6. The number of hydrogen-bond acceptors (Lipinski definition) is 16. The Morgan fingerprint density at radius 2 is 0.853 bits per heavy atom. The minimum Gasteiger partial charge on any atom is -0.394 e. The third-order valence-corrected chi connectivity index (χ3v) is 6.09. The molecule has 0 aromatic heterocycles. The van der Waals surface area contributed by atoms with Crippen LogP contribution in [0.1, 0.15) is 0 Å². The molecule has 34 heavy (non-hydrogen) atoms. The first-order valence-electron chi connectivity index (χ1n) is 10.6. The molecule has 0 bridgehead atoms. The predicted octanol–water partition coefficient (Wildman–Crippen LogP) is -7.57. The molecule has 16 nitrogen and oxygen atoms in total. The van der Waals surface area contributed by atoms with Gasteiger partial charge in [-0.15, -0.1) is 0 Å². The number of aliphatic hydroxyl groups is 11. The number of ether oxygens (including phenoxy) is 5. The Kier molecular flexibility index (Phi) is 9.54. The van der Waals surface area contributed by atoms with Crippen molar-refractivity contribution in [2.24, 2.45) is 0 Å². The fourth-order valence-corrected chi connectivity index (χ4v) is 4.04. The highest BCUT2D eigenvalue weighted by atomic mass is 16.7. The van der Waals surface area contributed by atoms with Gasteiger partial charge in [-0.3, -0.25) is 0 Å². The molecule has 0 radical (unpaired) electrons. The normalized spacial score (nSPS) is 52.5. The summed E-state index contributed by atoms with van der Waals surface area (Å²) >= 11 is 0. The van der Waals surface area contributed by atoms with Crippen LogP contribution in [0.5, 0.6) is 0 Å². The van der Waals surface area contributed by atoms with Crippen molar-refractivity contribution in [3.8, 4) is 0 Å². The average Bonchev–Trinajstić information content (AvgIpc) is 2.82. The van der Waals surface area contributed by atoms with Gasteiger partial charge in [-0.25, -0.2) is 0 Å². The van der Waals surface area contributed by atoms with Gasteiger partial charge in [0, 0.05) is 0 Å². The van der Waals surface area contributed by atoms with Crippen molar-refractivity contribution in [1.29, 1.82) is 0 Å². The number of aliphatic hydroxyl groups excluding tert-OH is 11. The van der Waals surface area contributed by atoms with Gasteiger partial charge in [-0.1, -0.05) is 0 Å². The van der Waals surface area contributed by atoms with Gasteiger partial charge < -0.3 is 79.9 Å². The lowest BCUT2D eigenvalue weighted by Gasteiger charge is -2.47. The summed E-state index contributed by atoms with van der Waals surface area (Å²) in [7, 11) is 0. The van der Waals surface area contributed by atoms with Crippen LogP contribution < -0.4 is 0 Å². The molecule has 3 saturated heterocycles. The minimum absolute atomic E-state index is 0.750. The zero-order valence-corrected chi connectivity index (χ0v) is 17.7. The van der Waals surface area contributed by atoms with Crippen molar-refractivity contribution in [2.75, 3.05) is 19.8 Å². The van der Waals surface area contributed by atoms with Gasteiger partial charge in [0.2, 0.25) is 0 Å². The fraction of sp³-hybridized carbons (Fsp3) is 1.00. The summed E-state index contributed by atoms with van der Waals surface area (Å²) in [5.41, 5.74) is 0. The average molecular weight is 504 g/mol. The smallest absolute Gasteiger partial charge is 0.187 e. The lowest BCUT2D eigenvalue weighted by molar-refractivity contribution is -0.379. The quantitative estimate of drug-likeness (QED) is 0.154. The Labute approximate surface area is 192 Å². The van der Waals surface area contributed by atoms with Crippen LogP contribution in [0.3, 0.4) is 0 Å². The summed E-state index contributed by atoms with van der Waals surface area (Å²) in [5.74, 6) is 0. The highest BCUT2D eigenvalue weighted by molar-refractivity contribution is 4.96. The zero-order chi connectivity index (χ0) is 25.3. The van der Waals surface area contributed by atoms with Gasteiger partial charge >= 0.3 is 0 Å². The molecule has 0 aromatic rings. The Bertz CT molecular complexity index is 639. The molecule has 0 aliphatic carbocycles. The van der Waals surface area contributed by atoms with Crippen molar-refractivity contribution in [3.05, 3.63) is 0 Å². The molecule has 0 amide bonds. The molecule has 3 rings (SSSR count).